The lowest BCUT2D eigenvalue weighted by atomic mass is 10.1. The SMILES string of the molecule is Cc1cc(C)c2nc(NC(=O)C3CN(S(C)(=O)=O)c4ccccc4O3)sc2c1. The van der Waals surface area contributed by atoms with Crippen LogP contribution in [0.2, 0.25) is 0 Å². The summed E-state index contributed by atoms with van der Waals surface area (Å²) in [5, 5.41) is 3.23. The quantitative estimate of drug-likeness (QED) is 0.707. The molecule has 4 rings (SSSR count). The van der Waals surface area contributed by atoms with E-state index >= 15 is 0 Å². The summed E-state index contributed by atoms with van der Waals surface area (Å²) in [6.07, 6.45) is 0.141. The minimum atomic E-state index is -3.55. The van der Waals surface area contributed by atoms with Gasteiger partial charge in [0.2, 0.25) is 10.0 Å². The third-order valence-electron chi connectivity index (χ3n) is 4.49. The maximum absolute atomic E-state index is 12.8. The molecule has 1 N–H and O–H groups in total. The van der Waals surface area contributed by atoms with E-state index in [4.69, 9.17) is 4.74 Å². The minimum Gasteiger partial charge on any atom is -0.476 e. The molecule has 0 fully saturated rings. The van der Waals surface area contributed by atoms with Gasteiger partial charge in [-0.1, -0.05) is 29.5 Å². The number of carbonyl (C=O) groups excluding carboxylic acids is 1. The summed E-state index contributed by atoms with van der Waals surface area (Å²) in [7, 11) is -3.55. The van der Waals surface area contributed by atoms with Gasteiger partial charge in [-0.05, 0) is 43.2 Å². The Balaban J connectivity index is 1.61. The van der Waals surface area contributed by atoms with Crippen molar-refractivity contribution < 1.29 is 17.9 Å². The summed E-state index contributed by atoms with van der Waals surface area (Å²) in [6, 6.07) is 10.8. The maximum atomic E-state index is 12.8. The molecular formula is C19H19N3O4S2. The molecule has 0 spiro atoms. The predicted molar refractivity (Wildman–Crippen MR) is 111 cm³/mol. The minimum absolute atomic E-state index is 0.0925. The number of ether oxygens (including phenoxy) is 1. The van der Waals surface area contributed by atoms with Gasteiger partial charge in [-0.3, -0.25) is 14.4 Å². The molecule has 7 nitrogen and oxygen atoms in total. The fourth-order valence-corrected chi connectivity index (χ4v) is 5.22. The normalized spacial score (nSPS) is 16.5. The largest absolute Gasteiger partial charge is 0.476 e. The molecule has 0 aliphatic carbocycles. The Morgan fingerprint density at radius 2 is 2.04 bits per heavy atom. The number of anilines is 2. The van der Waals surface area contributed by atoms with Crippen LogP contribution < -0.4 is 14.4 Å². The topological polar surface area (TPSA) is 88.6 Å². The average molecular weight is 418 g/mol. The fraction of sp³-hybridized carbons (Fsp3) is 0.263. The standard InChI is InChI=1S/C19H19N3O4S2/c1-11-8-12(2)17-16(9-11)27-19(20-17)21-18(23)15-10-22(28(3,24)25)13-6-4-5-7-14(13)26-15/h4-9,15H,10H2,1-3H3,(H,20,21,23). The summed E-state index contributed by atoms with van der Waals surface area (Å²) in [4.78, 5) is 17.3. The van der Waals surface area contributed by atoms with Gasteiger partial charge in [0.15, 0.2) is 11.2 Å². The van der Waals surface area contributed by atoms with Crippen LogP contribution in [0.25, 0.3) is 10.2 Å². The molecule has 1 amide bonds. The van der Waals surface area contributed by atoms with Gasteiger partial charge in [0.25, 0.3) is 5.91 Å². The Hall–Kier alpha value is -2.65. The maximum Gasteiger partial charge on any atom is 0.269 e. The second-order valence-electron chi connectivity index (χ2n) is 6.81. The van der Waals surface area contributed by atoms with E-state index in [-0.39, 0.29) is 6.54 Å². The summed E-state index contributed by atoms with van der Waals surface area (Å²) in [5.41, 5.74) is 3.44. The van der Waals surface area contributed by atoms with E-state index in [0.29, 0.717) is 16.6 Å². The van der Waals surface area contributed by atoms with Crippen molar-refractivity contribution in [2.24, 2.45) is 0 Å². The third kappa shape index (κ3) is 3.43. The zero-order valence-electron chi connectivity index (χ0n) is 15.6. The second kappa shape index (κ2) is 6.75. The number of nitrogens with zero attached hydrogens (tertiary/aromatic N) is 2. The fourth-order valence-electron chi connectivity index (χ4n) is 3.26. The van der Waals surface area contributed by atoms with Crippen molar-refractivity contribution in [1.29, 1.82) is 0 Å². The predicted octanol–water partition coefficient (Wildman–Crippen LogP) is 3.08. The number of hydrogen-bond donors (Lipinski definition) is 1. The second-order valence-corrected chi connectivity index (χ2v) is 9.74. The van der Waals surface area contributed by atoms with Crippen molar-refractivity contribution in [3.05, 3.63) is 47.5 Å². The van der Waals surface area contributed by atoms with Crippen molar-refractivity contribution in [2.75, 3.05) is 22.4 Å². The van der Waals surface area contributed by atoms with Crippen molar-refractivity contribution in [3.63, 3.8) is 0 Å². The number of benzene rings is 2. The first-order valence-electron chi connectivity index (χ1n) is 8.64. The first kappa shape index (κ1) is 18.7. The smallest absolute Gasteiger partial charge is 0.269 e. The summed E-state index contributed by atoms with van der Waals surface area (Å²) in [5.74, 6) is -0.0771. The van der Waals surface area contributed by atoms with E-state index in [2.05, 4.69) is 10.3 Å². The molecule has 0 bridgehead atoms. The molecule has 9 heteroatoms. The van der Waals surface area contributed by atoms with Crippen molar-refractivity contribution in [3.8, 4) is 5.75 Å². The van der Waals surface area contributed by atoms with E-state index in [1.165, 1.54) is 15.6 Å². The number of aromatic nitrogens is 1. The van der Waals surface area contributed by atoms with Crippen molar-refractivity contribution in [2.45, 2.75) is 20.0 Å². The highest BCUT2D eigenvalue weighted by molar-refractivity contribution is 7.92. The van der Waals surface area contributed by atoms with Gasteiger partial charge in [0.1, 0.15) is 5.75 Å². The van der Waals surface area contributed by atoms with Gasteiger partial charge in [-0.25, -0.2) is 13.4 Å². The van der Waals surface area contributed by atoms with Crippen LogP contribution in [0.3, 0.4) is 0 Å². The zero-order valence-corrected chi connectivity index (χ0v) is 17.2. The summed E-state index contributed by atoms with van der Waals surface area (Å²) >= 11 is 1.38. The number of sulfonamides is 1. The molecule has 0 saturated heterocycles. The van der Waals surface area contributed by atoms with Gasteiger partial charge in [-0.15, -0.1) is 0 Å². The Labute approximate surface area is 167 Å². The third-order valence-corrected chi connectivity index (χ3v) is 6.55. The van der Waals surface area contributed by atoms with Crippen LogP contribution in [0, 0.1) is 13.8 Å². The number of aryl methyl sites for hydroxylation is 2. The molecule has 3 aromatic rings. The first-order chi connectivity index (χ1) is 13.2. The Bertz CT molecular complexity index is 1190. The Morgan fingerprint density at radius 1 is 1.29 bits per heavy atom. The number of amides is 1. The van der Waals surface area contributed by atoms with Crippen LogP contribution in [0.1, 0.15) is 11.1 Å². The zero-order chi connectivity index (χ0) is 20.1. The molecular weight excluding hydrogens is 398 g/mol. The molecule has 2 aromatic carbocycles. The van der Waals surface area contributed by atoms with Crippen LogP contribution in [-0.2, 0) is 14.8 Å². The summed E-state index contributed by atoms with van der Waals surface area (Å²) < 4.78 is 32.3. The monoisotopic (exact) mass is 417 g/mol. The number of carbonyl (C=O) groups is 1. The van der Waals surface area contributed by atoms with Gasteiger partial charge < -0.3 is 4.74 Å². The highest BCUT2D eigenvalue weighted by atomic mass is 32.2. The summed E-state index contributed by atoms with van der Waals surface area (Å²) in [6.45, 7) is 3.90. The van der Waals surface area contributed by atoms with E-state index in [0.717, 1.165) is 27.6 Å². The average Bonchev–Trinajstić information content (AvgIpc) is 3.02. The van der Waals surface area contributed by atoms with Gasteiger partial charge >= 0.3 is 0 Å². The van der Waals surface area contributed by atoms with Gasteiger partial charge in [-0.2, -0.15) is 0 Å². The number of rotatable bonds is 3. The van der Waals surface area contributed by atoms with Crippen LogP contribution >= 0.6 is 11.3 Å². The molecule has 1 unspecified atom stereocenters. The van der Waals surface area contributed by atoms with Crippen LogP contribution in [0.4, 0.5) is 10.8 Å². The van der Waals surface area contributed by atoms with E-state index in [9.17, 15) is 13.2 Å². The lowest BCUT2D eigenvalue weighted by Crippen LogP contribution is -2.48. The van der Waals surface area contributed by atoms with E-state index in [1.807, 2.05) is 26.0 Å². The van der Waals surface area contributed by atoms with Gasteiger partial charge in [0, 0.05) is 0 Å². The number of nitrogens with one attached hydrogen (secondary N) is 1. The molecule has 1 atom stereocenters. The van der Waals surface area contributed by atoms with Crippen LogP contribution in [-0.4, -0.2) is 38.2 Å². The first-order valence-corrected chi connectivity index (χ1v) is 11.3. The molecule has 0 radical (unpaired) electrons. The number of hydrogen-bond acceptors (Lipinski definition) is 6. The lowest BCUT2D eigenvalue weighted by molar-refractivity contribution is -0.122. The molecule has 146 valence electrons. The number of thiazole rings is 1. The van der Waals surface area contributed by atoms with Crippen LogP contribution in [0.15, 0.2) is 36.4 Å². The molecule has 1 aliphatic rings. The Morgan fingerprint density at radius 3 is 2.79 bits per heavy atom. The molecule has 2 heterocycles. The van der Waals surface area contributed by atoms with Crippen LogP contribution in [0.5, 0.6) is 5.75 Å². The molecule has 28 heavy (non-hydrogen) atoms. The van der Waals surface area contributed by atoms with Crippen molar-refractivity contribution >= 4 is 48.3 Å². The van der Waals surface area contributed by atoms with Crippen molar-refractivity contribution in [1.82, 2.24) is 4.98 Å². The van der Waals surface area contributed by atoms with E-state index < -0.39 is 22.0 Å². The number of para-hydroxylation sites is 2. The Kier molecular flexibility index (Phi) is 4.51. The molecule has 0 saturated carbocycles. The molecule has 1 aromatic heterocycles. The highest BCUT2D eigenvalue weighted by Crippen LogP contribution is 2.35. The lowest BCUT2D eigenvalue weighted by Gasteiger charge is -2.33. The molecule has 1 aliphatic heterocycles. The van der Waals surface area contributed by atoms with E-state index in [1.54, 1.807) is 24.3 Å². The number of fused-ring (bicyclic) bond motifs is 2. The highest BCUT2D eigenvalue weighted by Gasteiger charge is 2.35. The van der Waals surface area contributed by atoms with Gasteiger partial charge in [0.05, 0.1) is 28.7 Å².